The smallest absolute Gasteiger partial charge is 0.224 e. The van der Waals surface area contributed by atoms with Gasteiger partial charge in [-0.25, -0.2) is 9.37 Å². The fourth-order valence-electron chi connectivity index (χ4n) is 1.21. The summed E-state index contributed by atoms with van der Waals surface area (Å²) >= 11 is 8.13. The summed E-state index contributed by atoms with van der Waals surface area (Å²) in [7, 11) is 0. The first kappa shape index (κ1) is 11.2. The van der Waals surface area contributed by atoms with Crippen molar-refractivity contribution < 1.29 is 4.39 Å². The van der Waals surface area contributed by atoms with Crippen molar-refractivity contribution in [2.75, 3.05) is 5.73 Å². The molecule has 7 heteroatoms. The third-order valence-corrected chi connectivity index (χ3v) is 2.73. The van der Waals surface area contributed by atoms with Crippen LogP contribution >= 0.6 is 28.1 Å². The lowest BCUT2D eigenvalue weighted by atomic mass is 10.2. The monoisotopic (exact) mass is 300 g/mol. The van der Waals surface area contributed by atoms with Crippen LogP contribution in [0.5, 0.6) is 0 Å². The number of halogens is 2. The molecule has 0 unspecified atom stereocenters. The van der Waals surface area contributed by atoms with Gasteiger partial charge in [-0.3, -0.25) is 0 Å². The summed E-state index contributed by atoms with van der Waals surface area (Å²) in [4.78, 5) is 10.4. The number of benzene rings is 1. The summed E-state index contributed by atoms with van der Waals surface area (Å²) in [6.45, 7) is 0. The Hall–Kier alpha value is -1.34. The normalized spacial score (nSPS) is 10.4. The summed E-state index contributed by atoms with van der Waals surface area (Å²) in [5.41, 5.74) is 6.04. The predicted molar refractivity (Wildman–Crippen MR) is 64.7 cm³/mol. The summed E-state index contributed by atoms with van der Waals surface area (Å²) in [5, 5.41) is 0. The van der Waals surface area contributed by atoms with Crippen molar-refractivity contribution in [3.05, 3.63) is 33.3 Å². The maximum absolute atomic E-state index is 13.1. The molecule has 4 nitrogen and oxygen atoms in total. The highest BCUT2D eigenvalue weighted by Crippen LogP contribution is 2.26. The lowest BCUT2D eigenvalue weighted by Gasteiger charge is -2.04. The Balaban J connectivity index is 2.66. The second-order valence-corrected chi connectivity index (χ2v) is 4.21. The Labute approximate surface area is 104 Å². The largest absolute Gasteiger partial charge is 0.369 e. The van der Waals surface area contributed by atoms with Gasteiger partial charge < -0.3 is 10.7 Å². The average Bonchev–Trinajstić information content (AvgIpc) is 2.20. The quantitative estimate of drug-likeness (QED) is 0.795. The first-order valence-electron chi connectivity index (χ1n) is 4.25. The van der Waals surface area contributed by atoms with E-state index < -0.39 is 0 Å². The van der Waals surface area contributed by atoms with Gasteiger partial charge in [0.15, 0.2) is 0 Å². The Bertz CT molecular complexity index is 598. The third kappa shape index (κ3) is 2.25. The molecule has 0 spiro atoms. The van der Waals surface area contributed by atoms with Gasteiger partial charge in [0.25, 0.3) is 0 Å². The molecule has 0 aliphatic heterocycles. The molecule has 0 amide bonds. The van der Waals surface area contributed by atoms with Crippen molar-refractivity contribution in [1.82, 2.24) is 15.0 Å². The van der Waals surface area contributed by atoms with E-state index in [1.807, 2.05) is 0 Å². The molecule has 1 aromatic heterocycles. The molecule has 3 N–H and O–H groups in total. The summed E-state index contributed by atoms with van der Waals surface area (Å²) < 4.78 is 13.9. The van der Waals surface area contributed by atoms with Crippen LogP contribution in [0, 0.1) is 10.6 Å². The lowest BCUT2D eigenvalue weighted by molar-refractivity contribution is 0.628. The topological polar surface area (TPSA) is 67.6 Å². The van der Waals surface area contributed by atoms with Gasteiger partial charge in [-0.05, 0) is 30.4 Å². The molecule has 0 atom stereocenters. The molecule has 16 heavy (non-hydrogen) atoms. The molecule has 2 aromatic rings. The van der Waals surface area contributed by atoms with E-state index in [1.54, 1.807) is 6.07 Å². The van der Waals surface area contributed by atoms with Gasteiger partial charge in [-0.2, -0.15) is 4.98 Å². The van der Waals surface area contributed by atoms with Crippen LogP contribution in [0.2, 0.25) is 0 Å². The molecule has 0 aliphatic rings. The maximum Gasteiger partial charge on any atom is 0.224 e. The number of nitrogens with two attached hydrogens (primary N) is 1. The molecule has 2 rings (SSSR count). The molecule has 0 saturated carbocycles. The van der Waals surface area contributed by atoms with Crippen molar-refractivity contribution in [1.29, 1.82) is 0 Å². The number of anilines is 1. The minimum Gasteiger partial charge on any atom is -0.369 e. The maximum atomic E-state index is 13.1. The number of H-pyrrole nitrogens is 1. The minimum absolute atomic E-state index is 0.113. The number of aromatic nitrogens is 3. The number of rotatable bonds is 1. The Morgan fingerprint density at radius 3 is 2.81 bits per heavy atom. The molecule has 1 aromatic carbocycles. The fourth-order valence-corrected chi connectivity index (χ4v) is 1.83. The van der Waals surface area contributed by atoms with Crippen LogP contribution in [0.15, 0.2) is 22.7 Å². The van der Waals surface area contributed by atoms with Crippen molar-refractivity contribution in [2.24, 2.45) is 0 Å². The number of nitrogens with one attached hydrogen (secondary N) is 1. The van der Waals surface area contributed by atoms with Crippen LogP contribution in [-0.2, 0) is 0 Å². The molecule has 0 bridgehead atoms. The van der Waals surface area contributed by atoms with Gasteiger partial charge in [0, 0.05) is 10.0 Å². The van der Waals surface area contributed by atoms with Gasteiger partial charge in [-0.1, -0.05) is 15.9 Å². The molecular weight excluding hydrogens is 295 g/mol. The van der Waals surface area contributed by atoms with Gasteiger partial charge >= 0.3 is 0 Å². The Morgan fingerprint density at radius 2 is 2.12 bits per heavy atom. The highest BCUT2D eigenvalue weighted by atomic mass is 79.9. The molecule has 0 fully saturated rings. The van der Waals surface area contributed by atoms with Gasteiger partial charge in [0.1, 0.15) is 11.6 Å². The van der Waals surface area contributed by atoms with Crippen molar-refractivity contribution in [3.8, 4) is 11.4 Å². The number of hydrogen-bond acceptors (Lipinski definition) is 4. The highest BCUT2D eigenvalue weighted by Gasteiger charge is 2.07. The molecule has 0 radical (unpaired) electrons. The average molecular weight is 301 g/mol. The van der Waals surface area contributed by atoms with E-state index in [1.165, 1.54) is 12.1 Å². The summed E-state index contributed by atoms with van der Waals surface area (Å²) in [6, 6.07) is 4.25. The van der Waals surface area contributed by atoms with Crippen molar-refractivity contribution >= 4 is 34.1 Å². The SMILES string of the molecule is Nc1nc(=S)nc(-c2cc(F)ccc2Br)[nH]1. The third-order valence-electron chi connectivity index (χ3n) is 1.85. The molecule has 0 saturated heterocycles. The first-order chi connectivity index (χ1) is 7.56. The number of aromatic amines is 1. The zero-order chi connectivity index (χ0) is 11.7. The van der Waals surface area contributed by atoms with Gasteiger partial charge in [0.2, 0.25) is 10.7 Å². The van der Waals surface area contributed by atoms with Crippen LogP contribution < -0.4 is 5.73 Å². The van der Waals surface area contributed by atoms with Crippen LogP contribution in [0.4, 0.5) is 10.3 Å². The van der Waals surface area contributed by atoms with Crippen molar-refractivity contribution in [3.63, 3.8) is 0 Å². The van der Waals surface area contributed by atoms with Crippen LogP contribution in [0.3, 0.4) is 0 Å². The second-order valence-electron chi connectivity index (χ2n) is 2.99. The highest BCUT2D eigenvalue weighted by molar-refractivity contribution is 9.10. The molecule has 82 valence electrons. The van der Waals surface area contributed by atoms with E-state index in [9.17, 15) is 4.39 Å². The van der Waals surface area contributed by atoms with E-state index in [4.69, 9.17) is 18.0 Å². The Kier molecular flexibility index (Phi) is 2.97. The summed E-state index contributed by atoms with van der Waals surface area (Å²) in [5.74, 6) is 0.157. The van der Waals surface area contributed by atoms with Gasteiger partial charge in [-0.15, -0.1) is 0 Å². The first-order valence-corrected chi connectivity index (χ1v) is 5.45. The second kappa shape index (κ2) is 4.26. The molecular formula is C9H6BrFN4S. The zero-order valence-corrected chi connectivity index (χ0v) is 10.3. The van der Waals surface area contributed by atoms with Crippen molar-refractivity contribution in [2.45, 2.75) is 0 Å². The summed E-state index contributed by atoms with van der Waals surface area (Å²) in [6.07, 6.45) is 0. The van der Waals surface area contributed by atoms with E-state index in [0.717, 1.165) is 0 Å². The zero-order valence-electron chi connectivity index (χ0n) is 7.87. The number of nitrogen functional groups attached to an aromatic ring is 1. The number of nitrogens with zero attached hydrogens (tertiary/aromatic N) is 2. The van der Waals surface area contributed by atoms with Crippen LogP contribution in [0.1, 0.15) is 0 Å². The standard InChI is InChI=1S/C9H6BrFN4S/c10-6-2-1-4(11)3-5(6)7-13-8(12)15-9(16)14-7/h1-3H,(H3,12,13,14,15,16). The van der Waals surface area contributed by atoms with E-state index in [0.29, 0.717) is 15.9 Å². The predicted octanol–water partition coefficient (Wildman–Crippen LogP) is 2.68. The van der Waals surface area contributed by atoms with Crippen LogP contribution in [-0.4, -0.2) is 15.0 Å². The molecule has 1 heterocycles. The molecule has 0 aliphatic carbocycles. The van der Waals surface area contributed by atoms with Gasteiger partial charge in [0.05, 0.1) is 0 Å². The fraction of sp³-hybridized carbons (Fsp3) is 0. The lowest BCUT2D eigenvalue weighted by Crippen LogP contribution is -2.00. The van der Waals surface area contributed by atoms with E-state index >= 15 is 0 Å². The Morgan fingerprint density at radius 1 is 1.38 bits per heavy atom. The van der Waals surface area contributed by atoms with E-state index in [2.05, 4.69) is 30.9 Å². The number of hydrogen-bond donors (Lipinski definition) is 2. The van der Waals surface area contributed by atoms with E-state index in [-0.39, 0.29) is 16.5 Å². The minimum atomic E-state index is -0.366. The van der Waals surface area contributed by atoms with Crippen LogP contribution in [0.25, 0.3) is 11.4 Å².